The number of para-hydroxylation sites is 1. The molecule has 4 heterocycles. The lowest BCUT2D eigenvalue weighted by molar-refractivity contribution is -0.358. The molecule has 2 aromatic rings. The highest BCUT2D eigenvalue weighted by Gasteiger charge is 2.55. The minimum atomic E-state index is -2.23. The molecule has 3 aliphatic heterocycles. The topological polar surface area (TPSA) is 644 Å². The second kappa shape index (κ2) is 38.2. The van der Waals surface area contributed by atoms with Gasteiger partial charge >= 0.3 is 0 Å². The average molecular weight is 1410 g/mol. The van der Waals surface area contributed by atoms with E-state index in [1.54, 1.807) is 38.1 Å². The van der Waals surface area contributed by atoms with Crippen molar-refractivity contribution in [1.29, 1.82) is 0 Å². The van der Waals surface area contributed by atoms with Gasteiger partial charge in [0.2, 0.25) is 65.0 Å². The molecule has 3 aliphatic rings. The minimum Gasteiger partial charge on any atom is -0.394 e. The molecule has 11 amide bonds. The Bertz CT molecular complexity index is 3090. The summed E-state index contributed by atoms with van der Waals surface area (Å²) in [5.74, 6) is -12.3. The lowest BCUT2D eigenvalue weighted by Crippen LogP contribution is -2.71. The van der Waals surface area contributed by atoms with Gasteiger partial charge in [0.05, 0.1) is 44.8 Å². The predicted octanol–water partition coefficient (Wildman–Crippen LogP) is -10.9. The molecule has 1 aromatic heterocycles. The van der Waals surface area contributed by atoms with E-state index in [2.05, 4.69) is 52.8 Å². The number of aliphatic hydroxyl groups is 9. The van der Waals surface area contributed by atoms with Gasteiger partial charge in [0, 0.05) is 37.4 Å². The Morgan fingerprint density at radius 1 is 0.576 bits per heavy atom. The van der Waals surface area contributed by atoms with Gasteiger partial charge in [-0.25, -0.2) is 0 Å². The highest BCUT2D eigenvalue weighted by atomic mass is 16.7. The number of ether oxygens (including phenoxy) is 5. The van der Waals surface area contributed by atoms with Crippen molar-refractivity contribution in [2.75, 3.05) is 26.4 Å². The first-order chi connectivity index (χ1) is 46.6. The number of aromatic amines is 1. The second-order valence-corrected chi connectivity index (χ2v) is 25.0. The minimum absolute atomic E-state index is 0.00758. The number of primary amides is 2. The van der Waals surface area contributed by atoms with E-state index < -0.39 is 238 Å². The number of benzene rings is 1. The Morgan fingerprint density at radius 2 is 1.09 bits per heavy atom. The summed E-state index contributed by atoms with van der Waals surface area (Å²) in [5.41, 5.74) is 23.6. The number of unbranched alkanes of at least 4 members (excludes halogenated alkanes) is 1. The number of rotatable bonds is 36. The van der Waals surface area contributed by atoms with Gasteiger partial charge in [-0.2, -0.15) is 0 Å². The molecular weight excluding hydrogens is 1320 g/mol. The van der Waals surface area contributed by atoms with Gasteiger partial charge in [0.25, 0.3) is 0 Å². The molecule has 3 fully saturated rings. The first-order valence-electron chi connectivity index (χ1n) is 32.1. The summed E-state index contributed by atoms with van der Waals surface area (Å²) in [6.45, 7) is 5.06. The molecule has 0 spiro atoms. The van der Waals surface area contributed by atoms with E-state index in [1.807, 2.05) is 0 Å². The molecular formula is C60H96N14O25. The van der Waals surface area contributed by atoms with Crippen molar-refractivity contribution in [3.05, 3.63) is 36.0 Å². The number of hydrogen-bond donors (Lipinski definition) is 23. The molecule has 39 nitrogen and oxygen atoms in total. The molecule has 0 aliphatic carbocycles. The maximum absolute atomic E-state index is 15.1. The number of aromatic nitrogens is 1. The first kappa shape index (κ1) is 82.0. The molecule has 39 heteroatoms. The Labute approximate surface area is 567 Å². The molecule has 556 valence electrons. The monoisotopic (exact) mass is 1410 g/mol. The van der Waals surface area contributed by atoms with Crippen LogP contribution in [0.4, 0.5) is 0 Å². The molecule has 0 saturated carbocycles. The van der Waals surface area contributed by atoms with E-state index in [9.17, 15) is 93.9 Å². The van der Waals surface area contributed by atoms with E-state index in [0.717, 1.165) is 20.8 Å². The zero-order chi connectivity index (χ0) is 73.9. The molecule has 27 N–H and O–H groups in total. The summed E-state index contributed by atoms with van der Waals surface area (Å²) in [6, 6.07) is -8.48. The van der Waals surface area contributed by atoms with E-state index in [4.69, 9.17) is 46.6 Å². The SMILES string of the molecule is CC(=O)N[C@@H]1[C@@H](O)[C@H](O[C@@H]2O[C@H](CO)[C@@H](O[C@@H]3O[C@H](CO)[C@@H](O)[C@H](O)[C@@H]3O)[C@H](O)[C@H]2NC(C)=O)[C@@H](CO)O[C@H]1NC(=O)C[C@H](NC(=O)[C@H](Cc1c[nH]c2ccccc12)NC(=O)[C@H](CCCCN)NC(=O)[C@H](C)N)C(=O)N[C@@H](CC(N)=O)C(=O)N[C@H](C(=O)N[C@@H](CC(C)C)C(N)=O)[C@@H](C)O. The van der Waals surface area contributed by atoms with Crippen molar-refractivity contribution in [1.82, 2.24) is 52.8 Å². The summed E-state index contributed by atoms with van der Waals surface area (Å²) in [6.07, 6.45) is -26.6. The van der Waals surface area contributed by atoms with E-state index in [0.29, 0.717) is 29.3 Å². The molecule has 23 atom stereocenters. The molecule has 3 saturated heterocycles. The molecule has 99 heavy (non-hydrogen) atoms. The van der Waals surface area contributed by atoms with E-state index >= 15 is 4.79 Å². The third-order valence-corrected chi connectivity index (χ3v) is 16.4. The number of amides is 11. The molecule has 0 unspecified atom stereocenters. The van der Waals surface area contributed by atoms with Crippen molar-refractivity contribution >= 4 is 75.9 Å². The molecule has 1 aromatic carbocycles. The lowest BCUT2D eigenvalue weighted by Gasteiger charge is -2.49. The zero-order valence-electron chi connectivity index (χ0n) is 55.4. The Hall–Kier alpha value is -7.71. The van der Waals surface area contributed by atoms with Crippen LogP contribution in [0.2, 0.25) is 0 Å². The van der Waals surface area contributed by atoms with Crippen LogP contribution in [0.3, 0.4) is 0 Å². The fourth-order valence-corrected chi connectivity index (χ4v) is 11.3. The number of H-pyrrole nitrogens is 1. The standard InChI is InChI=1S/C60H96N14O25/c1-23(2)15-32(51(64)88)69-57(94)41(25(4)78)74-56(93)34(17-39(63)81)71-55(92)35(72-54(91)33(16-28-19-65-30-12-8-7-11-29(28)30)70-53(90)31(13-9-10-14-61)68-52(89)24(3)62)18-40(82)73-58-42(66-26(5)79)45(84)49(37(21-76)95-58)98-59-43(67-27(6)80)46(85)50(38(22-77)97-59)99-60-48(87)47(86)44(83)36(20-75)96-60/h7-8,11-12,19,23-25,31-38,41-50,58-60,65,75-78,83-87H,9-10,13-18,20-22,61-62H2,1-6H3,(H2,63,81)(H2,64,88)(H,66,79)(H,67,80)(H,68,89)(H,69,94)(H,70,90)(H,71,92)(H,72,91)(H,73,82)(H,74,93)/t24-,25+,31-,32-,33-,34-,35-,36+,37+,38+,41-,42+,43+,44+,45+,46+,47-,48-,49+,50+,58+,59-,60-/m0/s1. The predicted molar refractivity (Wildman–Crippen MR) is 339 cm³/mol. The van der Waals surface area contributed by atoms with Crippen molar-refractivity contribution < 1.29 is 122 Å². The van der Waals surface area contributed by atoms with Gasteiger partial charge in [-0.3, -0.25) is 52.7 Å². The number of carbonyl (C=O) groups is 11. The van der Waals surface area contributed by atoms with Crippen LogP contribution in [0.15, 0.2) is 30.5 Å². The summed E-state index contributed by atoms with van der Waals surface area (Å²) in [5, 5.41) is 119. The van der Waals surface area contributed by atoms with Crippen LogP contribution in [-0.4, -0.2) is 283 Å². The highest BCUT2D eigenvalue weighted by molar-refractivity contribution is 6.00. The number of carbonyl (C=O) groups excluding carboxylic acids is 11. The third kappa shape index (κ3) is 22.9. The average Bonchev–Trinajstić information content (AvgIpc) is 1.31. The van der Waals surface area contributed by atoms with Crippen molar-refractivity contribution in [3.8, 4) is 0 Å². The Balaban J connectivity index is 1.53. The summed E-state index contributed by atoms with van der Waals surface area (Å²) in [7, 11) is 0. The van der Waals surface area contributed by atoms with Crippen LogP contribution in [0.5, 0.6) is 0 Å². The van der Waals surface area contributed by atoms with Gasteiger partial charge < -0.3 is 145 Å². The number of aliphatic hydroxyl groups excluding tert-OH is 9. The number of fused-ring (bicyclic) bond motifs is 1. The number of hydrogen-bond acceptors (Lipinski definition) is 27. The summed E-state index contributed by atoms with van der Waals surface area (Å²) < 4.78 is 29.3. The fraction of sp³-hybridized carbons (Fsp3) is 0.683. The van der Waals surface area contributed by atoms with Gasteiger partial charge in [-0.05, 0) is 63.6 Å². The van der Waals surface area contributed by atoms with Crippen LogP contribution >= 0.6 is 0 Å². The van der Waals surface area contributed by atoms with Gasteiger partial charge in [0.1, 0.15) is 109 Å². The zero-order valence-corrected chi connectivity index (χ0v) is 55.4. The van der Waals surface area contributed by atoms with Crippen LogP contribution in [0.25, 0.3) is 10.9 Å². The number of nitrogens with one attached hydrogen (secondary N) is 10. The van der Waals surface area contributed by atoms with Crippen LogP contribution in [0, 0.1) is 5.92 Å². The van der Waals surface area contributed by atoms with E-state index in [-0.39, 0.29) is 31.7 Å². The summed E-state index contributed by atoms with van der Waals surface area (Å²) >= 11 is 0. The number of nitrogens with two attached hydrogens (primary N) is 4. The fourth-order valence-electron chi connectivity index (χ4n) is 11.3. The van der Waals surface area contributed by atoms with E-state index in [1.165, 1.54) is 13.1 Å². The molecule has 5 rings (SSSR count). The third-order valence-electron chi connectivity index (χ3n) is 16.4. The smallest absolute Gasteiger partial charge is 0.245 e. The first-order valence-corrected chi connectivity index (χ1v) is 32.1. The van der Waals surface area contributed by atoms with Gasteiger partial charge in [0.15, 0.2) is 18.8 Å². The normalized spacial score (nSPS) is 27.8. The Morgan fingerprint density at radius 3 is 1.66 bits per heavy atom. The maximum atomic E-state index is 15.1. The van der Waals surface area contributed by atoms with Crippen molar-refractivity contribution in [2.45, 2.75) is 227 Å². The van der Waals surface area contributed by atoms with Crippen molar-refractivity contribution in [3.63, 3.8) is 0 Å². The highest BCUT2D eigenvalue weighted by Crippen LogP contribution is 2.33. The quantitative estimate of drug-likeness (QED) is 0.0282. The van der Waals surface area contributed by atoms with Crippen molar-refractivity contribution in [2.24, 2.45) is 28.9 Å². The largest absolute Gasteiger partial charge is 0.394 e. The van der Waals surface area contributed by atoms with Crippen LogP contribution < -0.4 is 70.8 Å². The lowest BCUT2D eigenvalue weighted by atomic mass is 9.93. The maximum Gasteiger partial charge on any atom is 0.245 e. The van der Waals surface area contributed by atoms with Crippen LogP contribution in [-0.2, 0) is 82.8 Å². The van der Waals surface area contributed by atoms with Gasteiger partial charge in [-0.1, -0.05) is 32.0 Å². The molecule has 0 bridgehead atoms. The Kier molecular flexibility index (Phi) is 31.6. The second-order valence-electron chi connectivity index (χ2n) is 25.0. The molecule has 0 radical (unpaired) electrons. The summed E-state index contributed by atoms with van der Waals surface area (Å²) in [4.78, 5) is 153. The van der Waals surface area contributed by atoms with Gasteiger partial charge in [-0.15, -0.1) is 0 Å². The van der Waals surface area contributed by atoms with Crippen LogP contribution in [0.1, 0.15) is 85.6 Å².